The summed E-state index contributed by atoms with van der Waals surface area (Å²) in [7, 11) is -3.40. The van der Waals surface area contributed by atoms with E-state index in [1.54, 1.807) is 0 Å². The van der Waals surface area contributed by atoms with Crippen LogP contribution in [0.5, 0.6) is 0 Å². The lowest BCUT2D eigenvalue weighted by molar-refractivity contribution is 0.589. The molecule has 1 aromatic heterocycles. The van der Waals surface area contributed by atoms with Gasteiger partial charge in [-0.15, -0.1) is 5.10 Å². The van der Waals surface area contributed by atoms with E-state index in [1.807, 2.05) is 54.6 Å². The number of para-hydroxylation sites is 1. The standard InChI is InChI=1S/C19H22N4O2S/c1-19(2,3)16-11-9-15(10-12-16)13-26(24,25)14-18-20-21-22-23(18)17-7-5-4-6-8-17/h4-12H,13-14H2,1-3H3. The average molecular weight is 370 g/mol. The number of sulfone groups is 1. The second-order valence-electron chi connectivity index (χ2n) is 7.32. The molecule has 0 saturated carbocycles. The maximum Gasteiger partial charge on any atom is 0.171 e. The van der Waals surface area contributed by atoms with E-state index in [9.17, 15) is 8.42 Å². The van der Waals surface area contributed by atoms with Crippen LogP contribution in [0, 0.1) is 0 Å². The monoisotopic (exact) mass is 370 g/mol. The molecule has 0 aliphatic heterocycles. The number of tetrazole rings is 1. The highest BCUT2D eigenvalue weighted by molar-refractivity contribution is 7.89. The van der Waals surface area contributed by atoms with Crippen molar-refractivity contribution in [2.75, 3.05) is 0 Å². The Bertz CT molecular complexity index is 972. The molecule has 0 saturated heterocycles. The van der Waals surface area contributed by atoms with E-state index in [-0.39, 0.29) is 16.9 Å². The van der Waals surface area contributed by atoms with Gasteiger partial charge in [-0.25, -0.2) is 8.42 Å². The van der Waals surface area contributed by atoms with E-state index < -0.39 is 9.84 Å². The molecule has 0 unspecified atom stereocenters. The van der Waals surface area contributed by atoms with E-state index in [4.69, 9.17) is 0 Å². The fraction of sp³-hybridized carbons (Fsp3) is 0.316. The number of rotatable bonds is 5. The molecule has 6 nitrogen and oxygen atoms in total. The topological polar surface area (TPSA) is 77.7 Å². The molecule has 2 aromatic carbocycles. The maximum atomic E-state index is 12.6. The molecule has 1 heterocycles. The maximum absolute atomic E-state index is 12.6. The number of hydrogen-bond acceptors (Lipinski definition) is 5. The summed E-state index contributed by atoms with van der Waals surface area (Å²) in [5.74, 6) is 0.0529. The highest BCUT2D eigenvalue weighted by Crippen LogP contribution is 2.23. The minimum atomic E-state index is -3.40. The number of aromatic nitrogens is 4. The van der Waals surface area contributed by atoms with Crippen molar-refractivity contribution in [2.45, 2.75) is 37.7 Å². The van der Waals surface area contributed by atoms with Crippen molar-refractivity contribution in [3.05, 3.63) is 71.5 Å². The third-order valence-corrected chi connectivity index (χ3v) is 5.56. The molecule has 0 aliphatic carbocycles. The van der Waals surface area contributed by atoms with Crippen molar-refractivity contribution in [1.82, 2.24) is 20.2 Å². The van der Waals surface area contributed by atoms with Gasteiger partial charge in [-0.1, -0.05) is 63.2 Å². The molecule has 0 aliphatic rings. The zero-order valence-electron chi connectivity index (χ0n) is 15.1. The van der Waals surface area contributed by atoms with Gasteiger partial charge in [0, 0.05) is 0 Å². The van der Waals surface area contributed by atoms with Crippen LogP contribution in [0.3, 0.4) is 0 Å². The Kier molecular flexibility index (Phi) is 4.91. The molecule has 7 heteroatoms. The van der Waals surface area contributed by atoms with Crippen LogP contribution in [0.4, 0.5) is 0 Å². The zero-order chi connectivity index (χ0) is 18.8. The van der Waals surface area contributed by atoms with E-state index in [0.717, 1.165) is 11.3 Å². The average Bonchev–Trinajstić information content (AvgIpc) is 3.02. The Hall–Kier alpha value is -2.54. The molecule has 0 radical (unpaired) electrons. The predicted octanol–water partition coefficient (Wildman–Crippen LogP) is 3.07. The lowest BCUT2D eigenvalue weighted by Crippen LogP contribution is -2.13. The van der Waals surface area contributed by atoms with Gasteiger partial charge in [0.05, 0.1) is 11.4 Å². The summed E-state index contributed by atoms with van der Waals surface area (Å²) in [5.41, 5.74) is 2.70. The molecule has 3 rings (SSSR count). The van der Waals surface area contributed by atoms with Crippen LogP contribution in [-0.2, 0) is 26.8 Å². The van der Waals surface area contributed by atoms with Crippen LogP contribution in [0.15, 0.2) is 54.6 Å². The van der Waals surface area contributed by atoms with Crippen LogP contribution >= 0.6 is 0 Å². The number of nitrogens with zero attached hydrogens (tertiary/aromatic N) is 4. The van der Waals surface area contributed by atoms with E-state index in [1.165, 1.54) is 10.2 Å². The van der Waals surface area contributed by atoms with E-state index in [0.29, 0.717) is 5.82 Å². The van der Waals surface area contributed by atoms with Crippen molar-refractivity contribution in [3.8, 4) is 5.69 Å². The van der Waals surface area contributed by atoms with Crippen LogP contribution in [0.25, 0.3) is 5.69 Å². The molecule has 0 atom stereocenters. The smallest absolute Gasteiger partial charge is 0.171 e. The van der Waals surface area contributed by atoms with Gasteiger partial charge in [0.1, 0.15) is 5.75 Å². The van der Waals surface area contributed by atoms with Gasteiger partial charge in [-0.3, -0.25) is 0 Å². The van der Waals surface area contributed by atoms with Gasteiger partial charge >= 0.3 is 0 Å². The summed E-state index contributed by atoms with van der Waals surface area (Å²) < 4.78 is 26.7. The molecule has 26 heavy (non-hydrogen) atoms. The summed E-state index contributed by atoms with van der Waals surface area (Å²) in [6.07, 6.45) is 0. The first kappa shape index (κ1) is 18.3. The molecule has 0 amide bonds. The van der Waals surface area contributed by atoms with Gasteiger partial charge in [-0.2, -0.15) is 4.68 Å². The van der Waals surface area contributed by atoms with Crippen LogP contribution in [0.2, 0.25) is 0 Å². The lowest BCUT2D eigenvalue weighted by atomic mass is 9.87. The molecule has 0 spiro atoms. The van der Waals surface area contributed by atoms with Gasteiger partial charge in [0.25, 0.3) is 0 Å². The summed E-state index contributed by atoms with van der Waals surface area (Å²) in [6, 6.07) is 17.0. The quantitative estimate of drug-likeness (QED) is 0.690. The molecule has 136 valence electrons. The van der Waals surface area contributed by atoms with Gasteiger partial charge < -0.3 is 0 Å². The minimum absolute atomic E-state index is 0.0369. The van der Waals surface area contributed by atoms with E-state index >= 15 is 0 Å². The first-order chi connectivity index (χ1) is 12.2. The summed E-state index contributed by atoms with van der Waals surface area (Å²) >= 11 is 0. The summed E-state index contributed by atoms with van der Waals surface area (Å²) in [6.45, 7) is 6.38. The molecule has 0 fully saturated rings. The largest absolute Gasteiger partial charge is 0.228 e. The van der Waals surface area contributed by atoms with Crippen molar-refractivity contribution < 1.29 is 8.42 Å². The van der Waals surface area contributed by atoms with E-state index in [2.05, 4.69) is 36.3 Å². The molecule has 0 bridgehead atoms. The Morgan fingerprint density at radius 2 is 1.58 bits per heavy atom. The highest BCUT2D eigenvalue weighted by Gasteiger charge is 2.20. The van der Waals surface area contributed by atoms with Crippen molar-refractivity contribution >= 4 is 9.84 Å². The fourth-order valence-corrected chi connectivity index (χ4v) is 4.04. The van der Waals surface area contributed by atoms with Crippen LogP contribution < -0.4 is 0 Å². The zero-order valence-corrected chi connectivity index (χ0v) is 15.9. The first-order valence-electron chi connectivity index (χ1n) is 8.37. The normalized spacial score (nSPS) is 12.3. The fourth-order valence-electron chi connectivity index (χ4n) is 2.67. The Balaban J connectivity index is 1.77. The third-order valence-electron chi connectivity index (χ3n) is 4.09. The van der Waals surface area contributed by atoms with Crippen molar-refractivity contribution in [2.24, 2.45) is 0 Å². The third kappa shape index (κ3) is 4.35. The minimum Gasteiger partial charge on any atom is -0.228 e. The SMILES string of the molecule is CC(C)(C)c1ccc(CS(=O)(=O)Cc2nnnn2-c2ccccc2)cc1. The highest BCUT2D eigenvalue weighted by atomic mass is 32.2. The molecule has 3 aromatic rings. The first-order valence-corrected chi connectivity index (χ1v) is 10.2. The second-order valence-corrected chi connectivity index (χ2v) is 9.39. The van der Waals surface area contributed by atoms with Gasteiger partial charge in [0.2, 0.25) is 0 Å². The van der Waals surface area contributed by atoms with Crippen molar-refractivity contribution in [3.63, 3.8) is 0 Å². The second kappa shape index (κ2) is 6.99. The molecular formula is C19H22N4O2S. The number of hydrogen-bond donors (Lipinski definition) is 0. The number of benzene rings is 2. The molecule has 0 N–H and O–H groups in total. The molecular weight excluding hydrogens is 348 g/mol. The Morgan fingerprint density at radius 3 is 2.19 bits per heavy atom. The lowest BCUT2D eigenvalue weighted by Gasteiger charge is -2.19. The Labute approximate surface area is 153 Å². The van der Waals surface area contributed by atoms with Gasteiger partial charge in [0.15, 0.2) is 15.7 Å². The Morgan fingerprint density at radius 1 is 0.923 bits per heavy atom. The summed E-state index contributed by atoms with van der Waals surface area (Å²) in [4.78, 5) is 0. The summed E-state index contributed by atoms with van der Waals surface area (Å²) in [5, 5.41) is 11.4. The van der Waals surface area contributed by atoms with Crippen LogP contribution in [-0.4, -0.2) is 28.6 Å². The van der Waals surface area contributed by atoms with Crippen molar-refractivity contribution in [1.29, 1.82) is 0 Å². The predicted molar refractivity (Wildman–Crippen MR) is 101 cm³/mol. The van der Waals surface area contributed by atoms with Crippen LogP contribution in [0.1, 0.15) is 37.7 Å². The van der Waals surface area contributed by atoms with Gasteiger partial charge in [-0.05, 0) is 39.1 Å².